The standard InChI is InChI=1S/C21H23FN4O2/c1-13-4-3-5-16(20(13)22)26-21-15-10-19(28-14-6-8-23-9-7-14)18(27-2)11-17(15)24-12-25-21/h3-5,10-12,14,23H,6-9H2,1-2H3,(H,24,25,26). The second-order valence-electron chi connectivity index (χ2n) is 6.87. The molecule has 1 aliphatic heterocycles. The number of nitrogens with one attached hydrogen (secondary N) is 2. The topological polar surface area (TPSA) is 68.3 Å². The van der Waals surface area contributed by atoms with Gasteiger partial charge in [-0.15, -0.1) is 0 Å². The number of hydrogen-bond donors (Lipinski definition) is 2. The number of halogens is 1. The first-order valence-electron chi connectivity index (χ1n) is 9.38. The Morgan fingerprint density at radius 1 is 1.14 bits per heavy atom. The summed E-state index contributed by atoms with van der Waals surface area (Å²) in [5.74, 6) is 1.49. The van der Waals surface area contributed by atoms with Crippen LogP contribution in [0.4, 0.5) is 15.9 Å². The molecule has 0 spiro atoms. The van der Waals surface area contributed by atoms with E-state index in [0.29, 0.717) is 34.1 Å². The Balaban J connectivity index is 1.73. The van der Waals surface area contributed by atoms with E-state index in [-0.39, 0.29) is 11.9 Å². The monoisotopic (exact) mass is 382 g/mol. The van der Waals surface area contributed by atoms with Gasteiger partial charge in [-0.1, -0.05) is 12.1 Å². The van der Waals surface area contributed by atoms with Gasteiger partial charge in [-0.3, -0.25) is 0 Å². The lowest BCUT2D eigenvalue weighted by atomic mass is 10.1. The van der Waals surface area contributed by atoms with Crippen LogP contribution in [0.1, 0.15) is 18.4 Å². The lowest BCUT2D eigenvalue weighted by Crippen LogP contribution is -2.34. The highest BCUT2D eigenvalue weighted by molar-refractivity contribution is 5.93. The maximum atomic E-state index is 14.4. The molecule has 28 heavy (non-hydrogen) atoms. The summed E-state index contributed by atoms with van der Waals surface area (Å²) in [7, 11) is 1.61. The zero-order valence-corrected chi connectivity index (χ0v) is 16.0. The van der Waals surface area contributed by atoms with Crippen molar-refractivity contribution in [2.24, 2.45) is 0 Å². The van der Waals surface area contributed by atoms with Gasteiger partial charge in [0.2, 0.25) is 0 Å². The molecule has 2 heterocycles. The summed E-state index contributed by atoms with van der Waals surface area (Å²) >= 11 is 0. The highest BCUT2D eigenvalue weighted by Crippen LogP contribution is 2.36. The number of benzene rings is 2. The average molecular weight is 382 g/mol. The predicted molar refractivity (Wildman–Crippen MR) is 107 cm³/mol. The Kier molecular flexibility index (Phi) is 5.25. The van der Waals surface area contributed by atoms with Gasteiger partial charge >= 0.3 is 0 Å². The lowest BCUT2D eigenvalue weighted by Gasteiger charge is -2.25. The van der Waals surface area contributed by atoms with Gasteiger partial charge in [-0.05, 0) is 50.6 Å². The Bertz CT molecular complexity index is 990. The number of nitrogens with zero attached hydrogens (tertiary/aromatic N) is 2. The van der Waals surface area contributed by atoms with Gasteiger partial charge in [-0.25, -0.2) is 14.4 Å². The lowest BCUT2D eigenvalue weighted by molar-refractivity contribution is 0.157. The van der Waals surface area contributed by atoms with Crippen molar-refractivity contribution in [3.63, 3.8) is 0 Å². The number of piperidine rings is 1. The van der Waals surface area contributed by atoms with Crippen molar-refractivity contribution < 1.29 is 13.9 Å². The Morgan fingerprint density at radius 3 is 2.75 bits per heavy atom. The van der Waals surface area contributed by atoms with Crippen molar-refractivity contribution in [2.75, 3.05) is 25.5 Å². The molecule has 0 amide bonds. The predicted octanol–water partition coefficient (Wildman–Crippen LogP) is 3.96. The fourth-order valence-electron chi connectivity index (χ4n) is 3.38. The highest BCUT2D eigenvalue weighted by atomic mass is 19.1. The molecule has 1 saturated heterocycles. The van der Waals surface area contributed by atoms with E-state index in [1.54, 1.807) is 32.2 Å². The SMILES string of the molecule is COc1cc2ncnc(Nc3cccc(C)c3F)c2cc1OC1CCNCC1. The third-order valence-electron chi connectivity index (χ3n) is 4.95. The van der Waals surface area contributed by atoms with Crippen molar-refractivity contribution in [3.8, 4) is 11.5 Å². The van der Waals surface area contributed by atoms with Crippen LogP contribution in [0.15, 0.2) is 36.7 Å². The van der Waals surface area contributed by atoms with Crippen LogP contribution in [-0.4, -0.2) is 36.3 Å². The molecule has 0 aliphatic carbocycles. The van der Waals surface area contributed by atoms with Gasteiger partial charge < -0.3 is 20.1 Å². The molecule has 2 N–H and O–H groups in total. The van der Waals surface area contributed by atoms with Crippen molar-refractivity contribution in [3.05, 3.63) is 48.0 Å². The normalized spacial score (nSPS) is 14.8. The zero-order valence-electron chi connectivity index (χ0n) is 16.0. The molecule has 1 aliphatic rings. The molecule has 0 atom stereocenters. The first kappa shape index (κ1) is 18.4. The van der Waals surface area contributed by atoms with Gasteiger partial charge in [-0.2, -0.15) is 0 Å². The van der Waals surface area contributed by atoms with E-state index in [1.165, 1.54) is 6.33 Å². The first-order chi connectivity index (χ1) is 13.7. The van der Waals surface area contributed by atoms with Gasteiger partial charge in [0, 0.05) is 11.5 Å². The molecule has 3 aromatic rings. The molecule has 1 fully saturated rings. The summed E-state index contributed by atoms with van der Waals surface area (Å²) in [6, 6.07) is 8.91. The number of hydrogen-bond acceptors (Lipinski definition) is 6. The molecule has 146 valence electrons. The summed E-state index contributed by atoms with van der Waals surface area (Å²) < 4.78 is 26.2. The van der Waals surface area contributed by atoms with Crippen LogP contribution in [0.3, 0.4) is 0 Å². The number of rotatable bonds is 5. The molecular formula is C21H23FN4O2. The van der Waals surface area contributed by atoms with Crippen LogP contribution in [0.25, 0.3) is 10.9 Å². The number of ether oxygens (including phenoxy) is 2. The maximum Gasteiger partial charge on any atom is 0.162 e. The van der Waals surface area contributed by atoms with Crippen molar-refractivity contribution in [2.45, 2.75) is 25.9 Å². The van der Waals surface area contributed by atoms with Gasteiger partial charge in [0.25, 0.3) is 0 Å². The molecule has 0 bridgehead atoms. The molecule has 0 saturated carbocycles. The number of methoxy groups -OCH3 is 1. The number of anilines is 2. The number of aromatic nitrogens is 2. The van der Waals surface area contributed by atoms with Gasteiger partial charge in [0.1, 0.15) is 24.1 Å². The van der Waals surface area contributed by atoms with E-state index in [4.69, 9.17) is 9.47 Å². The van der Waals surface area contributed by atoms with Crippen molar-refractivity contribution >= 4 is 22.4 Å². The smallest absolute Gasteiger partial charge is 0.162 e. The molecule has 4 rings (SSSR count). The third kappa shape index (κ3) is 3.71. The largest absolute Gasteiger partial charge is 0.493 e. The Labute approximate surface area is 163 Å². The fourth-order valence-corrected chi connectivity index (χ4v) is 3.38. The van der Waals surface area contributed by atoms with E-state index in [9.17, 15) is 4.39 Å². The van der Waals surface area contributed by atoms with E-state index in [1.807, 2.05) is 12.1 Å². The van der Waals surface area contributed by atoms with Crippen LogP contribution in [0, 0.1) is 12.7 Å². The van der Waals surface area contributed by atoms with Gasteiger partial charge in [0.15, 0.2) is 11.5 Å². The number of fused-ring (bicyclic) bond motifs is 1. The molecule has 1 aromatic heterocycles. The summed E-state index contributed by atoms with van der Waals surface area (Å²) in [6.45, 7) is 3.60. The van der Waals surface area contributed by atoms with Crippen LogP contribution >= 0.6 is 0 Å². The highest BCUT2D eigenvalue weighted by Gasteiger charge is 2.19. The van der Waals surface area contributed by atoms with E-state index in [0.717, 1.165) is 31.3 Å². The molecule has 7 heteroatoms. The second-order valence-corrected chi connectivity index (χ2v) is 6.87. The Morgan fingerprint density at radius 2 is 1.96 bits per heavy atom. The van der Waals surface area contributed by atoms with E-state index >= 15 is 0 Å². The molecule has 0 unspecified atom stereocenters. The maximum absolute atomic E-state index is 14.4. The first-order valence-corrected chi connectivity index (χ1v) is 9.38. The summed E-state index contributed by atoms with van der Waals surface area (Å²) in [5, 5.41) is 7.16. The molecule has 6 nitrogen and oxygen atoms in total. The van der Waals surface area contributed by atoms with Crippen LogP contribution in [0.5, 0.6) is 11.5 Å². The van der Waals surface area contributed by atoms with Gasteiger partial charge in [0.05, 0.1) is 18.3 Å². The fraction of sp³-hybridized carbons (Fsp3) is 0.333. The Hall–Kier alpha value is -2.93. The zero-order chi connectivity index (χ0) is 19.5. The number of aryl methyl sites for hydroxylation is 1. The van der Waals surface area contributed by atoms with Crippen molar-refractivity contribution in [1.82, 2.24) is 15.3 Å². The molecule has 0 radical (unpaired) electrons. The van der Waals surface area contributed by atoms with Crippen molar-refractivity contribution in [1.29, 1.82) is 0 Å². The summed E-state index contributed by atoms with van der Waals surface area (Å²) in [4.78, 5) is 8.65. The second kappa shape index (κ2) is 7.98. The summed E-state index contributed by atoms with van der Waals surface area (Å²) in [6.07, 6.45) is 3.45. The average Bonchev–Trinajstić information content (AvgIpc) is 2.72. The van der Waals surface area contributed by atoms with E-state index in [2.05, 4.69) is 20.6 Å². The minimum atomic E-state index is -0.297. The third-order valence-corrected chi connectivity index (χ3v) is 4.95. The minimum absolute atomic E-state index is 0.128. The van der Waals surface area contributed by atoms with Crippen LogP contribution < -0.4 is 20.1 Å². The quantitative estimate of drug-likeness (QED) is 0.696. The molecular weight excluding hydrogens is 359 g/mol. The van der Waals surface area contributed by atoms with E-state index < -0.39 is 0 Å². The van der Waals surface area contributed by atoms with Crippen LogP contribution in [0.2, 0.25) is 0 Å². The molecule has 2 aromatic carbocycles. The summed E-state index contributed by atoms with van der Waals surface area (Å²) in [5.41, 5.74) is 1.64. The van der Waals surface area contributed by atoms with Crippen LogP contribution in [-0.2, 0) is 0 Å². The minimum Gasteiger partial charge on any atom is -0.493 e.